The number of hydrogen-bond donors (Lipinski definition) is 0. The fourth-order valence-corrected chi connectivity index (χ4v) is 3.36. The maximum atomic E-state index is 12.2. The minimum absolute atomic E-state index is 0.433. The van der Waals surface area contributed by atoms with Gasteiger partial charge in [-0.05, 0) is 6.92 Å². The lowest BCUT2D eigenvalue weighted by Crippen LogP contribution is -2.22. The Labute approximate surface area is 81.3 Å². The molecule has 0 aromatic carbocycles. The molecule has 0 amide bonds. The first-order valence-electron chi connectivity index (χ1n) is 4.74. The molecule has 0 radical (unpaired) electrons. The lowest BCUT2D eigenvalue weighted by molar-refractivity contribution is 0.280. The lowest BCUT2D eigenvalue weighted by Gasteiger charge is -2.27. The van der Waals surface area contributed by atoms with Crippen LogP contribution in [0.25, 0.3) is 0 Å². The molecule has 0 spiro atoms. The average Bonchev–Trinajstić information content (AvgIpc) is 2.07. The summed E-state index contributed by atoms with van der Waals surface area (Å²) in [4.78, 5) is 0. The molecular formula is C9H20NO2P. The largest absolute Gasteiger partial charge is 0.317 e. The van der Waals surface area contributed by atoms with E-state index in [-0.39, 0.29) is 0 Å². The standard InChI is InChI=1S/C9H20NO2P/c1-5-9-13(11,12-8-4)10(6-2)7-3/h5H,1,6-9H2,2-4H3. The van der Waals surface area contributed by atoms with Crippen LogP contribution in [0.3, 0.4) is 0 Å². The van der Waals surface area contributed by atoms with Crippen molar-refractivity contribution in [1.29, 1.82) is 0 Å². The molecular weight excluding hydrogens is 185 g/mol. The summed E-state index contributed by atoms with van der Waals surface area (Å²) in [7, 11) is -2.61. The zero-order valence-corrected chi connectivity index (χ0v) is 9.72. The summed E-state index contributed by atoms with van der Waals surface area (Å²) in [6, 6.07) is 0. The number of nitrogens with zero attached hydrogens (tertiary/aromatic N) is 1. The van der Waals surface area contributed by atoms with Crippen molar-refractivity contribution in [2.24, 2.45) is 0 Å². The van der Waals surface area contributed by atoms with Gasteiger partial charge in [-0.2, -0.15) is 0 Å². The summed E-state index contributed by atoms with van der Waals surface area (Å²) >= 11 is 0. The predicted octanol–water partition coefficient (Wildman–Crippen LogP) is 2.74. The Morgan fingerprint density at radius 2 is 1.92 bits per heavy atom. The predicted molar refractivity (Wildman–Crippen MR) is 57.2 cm³/mol. The molecule has 0 aliphatic rings. The molecule has 0 aromatic rings. The molecule has 0 aromatic heterocycles. The molecule has 0 aliphatic heterocycles. The Bertz CT molecular complexity index is 190. The van der Waals surface area contributed by atoms with Crippen molar-refractivity contribution < 1.29 is 9.09 Å². The molecule has 4 heteroatoms. The molecule has 0 heterocycles. The topological polar surface area (TPSA) is 29.5 Å². The average molecular weight is 205 g/mol. The highest BCUT2D eigenvalue weighted by molar-refractivity contribution is 7.56. The Kier molecular flexibility index (Phi) is 6.31. The van der Waals surface area contributed by atoms with Crippen LogP contribution in [-0.2, 0) is 9.09 Å². The smallest absolute Gasteiger partial charge is 0.276 e. The highest BCUT2D eigenvalue weighted by Crippen LogP contribution is 2.50. The van der Waals surface area contributed by atoms with Gasteiger partial charge < -0.3 is 4.52 Å². The van der Waals surface area contributed by atoms with Crippen molar-refractivity contribution in [2.45, 2.75) is 20.8 Å². The van der Waals surface area contributed by atoms with Crippen LogP contribution >= 0.6 is 7.52 Å². The second-order valence-electron chi connectivity index (χ2n) is 2.67. The molecule has 13 heavy (non-hydrogen) atoms. The summed E-state index contributed by atoms with van der Waals surface area (Å²) < 4.78 is 19.4. The first kappa shape index (κ1) is 12.9. The summed E-state index contributed by atoms with van der Waals surface area (Å²) in [6.45, 7) is 11.4. The van der Waals surface area contributed by atoms with Crippen molar-refractivity contribution in [3.63, 3.8) is 0 Å². The molecule has 0 rings (SSSR count). The van der Waals surface area contributed by atoms with Crippen molar-refractivity contribution in [2.75, 3.05) is 25.9 Å². The summed E-state index contributed by atoms with van der Waals surface area (Å²) in [5, 5.41) is 0. The van der Waals surface area contributed by atoms with Crippen molar-refractivity contribution >= 4 is 7.52 Å². The van der Waals surface area contributed by atoms with Crippen molar-refractivity contribution in [1.82, 2.24) is 4.67 Å². The molecule has 0 bridgehead atoms. The quantitative estimate of drug-likeness (QED) is 0.472. The van der Waals surface area contributed by atoms with Gasteiger partial charge in [0.15, 0.2) is 0 Å². The van der Waals surface area contributed by atoms with Gasteiger partial charge in [0.1, 0.15) is 0 Å². The molecule has 0 saturated heterocycles. The van der Waals surface area contributed by atoms with Crippen LogP contribution in [0, 0.1) is 0 Å². The van der Waals surface area contributed by atoms with Gasteiger partial charge in [0.25, 0.3) is 7.52 Å². The summed E-state index contributed by atoms with van der Waals surface area (Å²) in [5.41, 5.74) is 0. The van der Waals surface area contributed by atoms with Crippen LogP contribution < -0.4 is 0 Å². The van der Waals surface area contributed by atoms with E-state index >= 15 is 0 Å². The van der Waals surface area contributed by atoms with Crippen LogP contribution in [0.2, 0.25) is 0 Å². The highest BCUT2D eigenvalue weighted by atomic mass is 31.2. The third kappa shape index (κ3) is 3.63. The van der Waals surface area contributed by atoms with E-state index in [1.54, 1.807) is 6.08 Å². The fourth-order valence-electron chi connectivity index (χ4n) is 1.27. The molecule has 0 fully saturated rings. The Morgan fingerprint density at radius 1 is 1.38 bits per heavy atom. The van der Waals surface area contributed by atoms with Gasteiger partial charge >= 0.3 is 0 Å². The fraction of sp³-hybridized carbons (Fsp3) is 0.778. The Balaban J connectivity index is 4.53. The van der Waals surface area contributed by atoms with Gasteiger partial charge in [0, 0.05) is 13.1 Å². The minimum atomic E-state index is -2.61. The van der Waals surface area contributed by atoms with E-state index in [4.69, 9.17) is 4.52 Å². The van der Waals surface area contributed by atoms with Crippen LogP contribution in [0.15, 0.2) is 12.7 Å². The molecule has 3 nitrogen and oxygen atoms in total. The van der Waals surface area contributed by atoms with Crippen LogP contribution in [0.1, 0.15) is 20.8 Å². The Hall–Kier alpha value is -0.110. The monoisotopic (exact) mass is 205 g/mol. The molecule has 1 unspecified atom stereocenters. The van der Waals surface area contributed by atoms with Crippen molar-refractivity contribution in [3.05, 3.63) is 12.7 Å². The van der Waals surface area contributed by atoms with E-state index in [0.29, 0.717) is 12.8 Å². The number of hydrogen-bond acceptors (Lipinski definition) is 2. The maximum Gasteiger partial charge on any atom is 0.276 e. The van der Waals surface area contributed by atoms with Gasteiger partial charge in [-0.15, -0.1) is 6.58 Å². The van der Waals surface area contributed by atoms with Gasteiger partial charge in [-0.25, -0.2) is 4.67 Å². The van der Waals surface area contributed by atoms with Gasteiger partial charge in [0.2, 0.25) is 0 Å². The molecule has 1 atom stereocenters. The third-order valence-corrected chi connectivity index (χ3v) is 4.66. The minimum Gasteiger partial charge on any atom is -0.317 e. The normalized spacial score (nSPS) is 15.7. The maximum absolute atomic E-state index is 12.2. The van der Waals surface area contributed by atoms with E-state index in [2.05, 4.69) is 6.58 Å². The first-order valence-corrected chi connectivity index (χ1v) is 6.50. The van der Waals surface area contributed by atoms with E-state index < -0.39 is 7.52 Å². The number of allylic oxidation sites excluding steroid dienone is 1. The first-order chi connectivity index (χ1) is 6.14. The number of rotatable bonds is 7. The highest BCUT2D eigenvalue weighted by Gasteiger charge is 2.27. The lowest BCUT2D eigenvalue weighted by atomic mass is 10.7. The van der Waals surface area contributed by atoms with Gasteiger partial charge in [0.05, 0.1) is 12.8 Å². The summed E-state index contributed by atoms with van der Waals surface area (Å²) in [5.74, 6) is 0. The van der Waals surface area contributed by atoms with Crippen LogP contribution in [0.4, 0.5) is 0 Å². The van der Waals surface area contributed by atoms with E-state index in [9.17, 15) is 4.57 Å². The third-order valence-electron chi connectivity index (χ3n) is 1.85. The van der Waals surface area contributed by atoms with E-state index in [1.807, 2.05) is 25.4 Å². The molecule has 0 saturated carbocycles. The van der Waals surface area contributed by atoms with E-state index in [0.717, 1.165) is 13.1 Å². The zero-order valence-electron chi connectivity index (χ0n) is 8.82. The second-order valence-corrected chi connectivity index (χ2v) is 5.13. The molecule has 78 valence electrons. The molecule has 0 N–H and O–H groups in total. The van der Waals surface area contributed by atoms with Crippen molar-refractivity contribution in [3.8, 4) is 0 Å². The van der Waals surface area contributed by atoms with E-state index in [1.165, 1.54) is 0 Å². The van der Waals surface area contributed by atoms with Crippen LogP contribution in [0.5, 0.6) is 0 Å². The second kappa shape index (κ2) is 6.36. The summed E-state index contributed by atoms with van der Waals surface area (Å²) in [6.07, 6.45) is 2.09. The SMILES string of the molecule is C=CCP(=O)(OCC)N(CC)CC. The van der Waals surface area contributed by atoms with Gasteiger partial charge in [-0.1, -0.05) is 19.9 Å². The Morgan fingerprint density at radius 3 is 2.23 bits per heavy atom. The molecule has 0 aliphatic carbocycles. The zero-order chi connectivity index (χ0) is 10.3. The van der Waals surface area contributed by atoms with Gasteiger partial charge in [-0.3, -0.25) is 4.57 Å². The van der Waals surface area contributed by atoms with Crippen LogP contribution in [-0.4, -0.2) is 30.5 Å².